The number of hydrogen-bond acceptors (Lipinski definition) is 2. The smallest absolute Gasteiger partial charge is 0.270 e. The van der Waals surface area contributed by atoms with Gasteiger partial charge in [-0.2, -0.15) is 0 Å². The van der Waals surface area contributed by atoms with Gasteiger partial charge in [0.2, 0.25) is 0 Å². The number of furan rings is 1. The van der Waals surface area contributed by atoms with Crippen LogP contribution in [0.3, 0.4) is 0 Å². The fourth-order valence-electron chi connectivity index (χ4n) is 3.49. The molecule has 0 spiro atoms. The lowest BCUT2D eigenvalue weighted by Crippen LogP contribution is -2.32. The Hall–Kier alpha value is -3.27. The maximum atomic E-state index is 13.4. The van der Waals surface area contributed by atoms with Gasteiger partial charge in [-0.05, 0) is 25.0 Å². The zero-order valence-corrected chi connectivity index (χ0v) is 16.3. The molecule has 4 rings (SSSR count). The molecule has 1 amide bonds. The topological polar surface area (TPSA) is 38.4 Å². The van der Waals surface area contributed by atoms with Crippen molar-refractivity contribution in [1.82, 2.24) is 9.47 Å². The molecule has 0 N–H and O–H groups in total. The molecule has 2 aromatic heterocycles. The average Bonchev–Trinajstić information content (AvgIpc) is 3.31. The Morgan fingerprint density at radius 2 is 1.75 bits per heavy atom. The normalized spacial score (nSPS) is 11.1. The predicted molar refractivity (Wildman–Crippen MR) is 111 cm³/mol. The highest BCUT2D eigenvalue weighted by Crippen LogP contribution is 2.24. The summed E-state index contributed by atoms with van der Waals surface area (Å²) in [6.45, 7) is 5.95. The van der Waals surface area contributed by atoms with E-state index < -0.39 is 0 Å². The lowest BCUT2D eigenvalue weighted by Gasteiger charge is -2.22. The van der Waals surface area contributed by atoms with Crippen LogP contribution in [0.5, 0.6) is 0 Å². The summed E-state index contributed by atoms with van der Waals surface area (Å²) < 4.78 is 7.64. The summed E-state index contributed by atoms with van der Waals surface area (Å²) in [7, 11) is 0. The number of amides is 1. The summed E-state index contributed by atoms with van der Waals surface area (Å²) in [5.41, 5.74) is 5.85. The van der Waals surface area contributed by atoms with Gasteiger partial charge in [0.05, 0.1) is 11.8 Å². The largest absolute Gasteiger partial charge is 0.463 e. The molecule has 0 bridgehead atoms. The minimum Gasteiger partial charge on any atom is -0.463 e. The summed E-state index contributed by atoms with van der Waals surface area (Å²) in [6.07, 6.45) is 1.67. The van der Waals surface area contributed by atoms with E-state index in [1.165, 1.54) is 5.56 Å². The van der Waals surface area contributed by atoms with Crippen molar-refractivity contribution in [3.05, 3.63) is 95.4 Å². The second-order valence-corrected chi connectivity index (χ2v) is 7.08. The van der Waals surface area contributed by atoms with Gasteiger partial charge in [0.1, 0.15) is 5.69 Å². The van der Waals surface area contributed by atoms with Crippen LogP contribution in [-0.2, 0) is 13.1 Å². The third-order valence-electron chi connectivity index (χ3n) is 5.09. The number of nitrogens with zero attached hydrogens (tertiary/aromatic N) is 2. The second-order valence-electron chi connectivity index (χ2n) is 7.08. The molecule has 4 heteroatoms. The molecule has 0 aliphatic rings. The lowest BCUT2D eigenvalue weighted by molar-refractivity contribution is 0.0742. The Labute approximate surface area is 165 Å². The van der Waals surface area contributed by atoms with Crippen LogP contribution in [0, 0.1) is 6.92 Å². The highest BCUT2D eigenvalue weighted by Gasteiger charge is 2.22. The van der Waals surface area contributed by atoms with Crippen molar-refractivity contribution in [1.29, 1.82) is 0 Å². The Bertz CT molecular complexity index is 1070. The standard InChI is InChI=1S/C24H24N2O2/c1-3-25(16-19-7-5-4-6-8-19)24(27)22-15-23-21(13-14-28-23)26(22)17-20-11-9-18(2)10-12-20/h4-15H,3,16-17H2,1-2H3. The minimum atomic E-state index is 0.0184. The van der Waals surface area contributed by atoms with Gasteiger partial charge in [-0.15, -0.1) is 0 Å². The first kappa shape index (κ1) is 18.1. The summed E-state index contributed by atoms with van der Waals surface area (Å²) >= 11 is 0. The minimum absolute atomic E-state index is 0.0184. The number of aryl methyl sites for hydroxylation is 1. The van der Waals surface area contributed by atoms with Crippen LogP contribution in [0.25, 0.3) is 11.1 Å². The van der Waals surface area contributed by atoms with Crippen molar-refractivity contribution in [2.75, 3.05) is 6.54 Å². The number of hydrogen-bond donors (Lipinski definition) is 0. The molecule has 0 unspecified atom stereocenters. The molecule has 0 radical (unpaired) electrons. The summed E-state index contributed by atoms with van der Waals surface area (Å²) in [5.74, 6) is 0.0184. The number of carbonyl (C=O) groups excluding carboxylic acids is 1. The number of carbonyl (C=O) groups is 1. The Kier molecular flexibility index (Phi) is 5.02. The number of aromatic nitrogens is 1. The van der Waals surface area contributed by atoms with Crippen LogP contribution in [0.1, 0.15) is 34.1 Å². The predicted octanol–water partition coefficient (Wildman–Crippen LogP) is 5.25. The van der Waals surface area contributed by atoms with Gasteiger partial charge in [-0.3, -0.25) is 4.79 Å². The quantitative estimate of drug-likeness (QED) is 0.463. The van der Waals surface area contributed by atoms with Gasteiger partial charge in [0, 0.05) is 31.8 Å². The van der Waals surface area contributed by atoms with E-state index in [9.17, 15) is 4.79 Å². The molecule has 0 saturated heterocycles. The number of rotatable bonds is 6. The molecular formula is C24H24N2O2. The van der Waals surface area contributed by atoms with Crippen LogP contribution < -0.4 is 0 Å². The van der Waals surface area contributed by atoms with Gasteiger partial charge < -0.3 is 13.9 Å². The van der Waals surface area contributed by atoms with Crippen LogP contribution in [0.15, 0.2) is 77.4 Å². The summed E-state index contributed by atoms with van der Waals surface area (Å²) in [6, 6.07) is 22.3. The zero-order chi connectivity index (χ0) is 19.5. The maximum absolute atomic E-state index is 13.4. The van der Waals surface area contributed by atoms with Crippen molar-refractivity contribution in [2.24, 2.45) is 0 Å². The van der Waals surface area contributed by atoms with Crippen molar-refractivity contribution in [3.8, 4) is 0 Å². The first-order chi connectivity index (χ1) is 13.7. The average molecular weight is 372 g/mol. The van der Waals surface area contributed by atoms with Crippen molar-refractivity contribution in [3.63, 3.8) is 0 Å². The molecule has 4 aromatic rings. The van der Waals surface area contributed by atoms with E-state index in [1.807, 2.05) is 54.3 Å². The molecule has 0 saturated carbocycles. The van der Waals surface area contributed by atoms with Gasteiger partial charge in [-0.1, -0.05) is 60.2 Å². The van der Waals surface area contributed by atoms with Gasteiger partial charge in [0.15, 0.2) is 5.58 Å². The van der Waals surface area contributed by atoms with Gasteiger partial charge in [-0.25, -0.2) is 0 Å². The third-order valence-corrected chi connectivity index (χ3v) is 5.09. The van der Waals surface area contributed by atoms with E-state index in [4.69, 9.17) is 4.42 Å². The molecule has 0 aliphatic carbocycles. The van der Waals surface area contributed by atoms with Crippen LogP contribution in [0.4, 0.5) is 0 Å². The van der Waals surface area contributed by atoms with Crippen molar-refractivity contribution >= 4 is 17.0 Å². The highest BCUT2D eigenvalue weighted by molar-refractivity contribution is 5.97. The third kappa shape index (κ3) is 3.58. The van der Waals surface area contributed by atoms with E-state index in [0.717, 1.165) is 22.2 Å². The maximum Gasteiger partial charge on any atom is 0.270 e. The second kappa shape index (κ2) is 7.77. The molecule has 4 nitrogen and oxygen atoms in total. The molecule has 28 heavy (non-hydrogen) atoms. The summed E-state index contributed by atoms with van der Waals surface area (Å²) in [5, 5.41) is 0. The molecule has 0 fully saturated rings. The number of fused-ring (bicyclic) bond motifs is 1. The van der Waals surface area contributed by atoms with E-state index >= 15 is 0 Å². The van der Waals surface area contributed by atoms with E-state index in [-0.39, 0.29) is 5.91 Å². The van der Waals surface area contributed by atoms with E-state index in [2.05, 4.69) is 35.8 Å². The first-order valence-electron chi connectivity index (χ1n) is 9.61. The van der Waals surface area contributed by atoms with Gasteiger partial charge in [0.25, 0.3) is 5.91 Å². The van der Waals surface area contributed by atoms with Gasteiger partial charge >= 0.3 is 0 Å². The van der Waals surface area contributed by atoms with Crippen LogP contribution >= 0.6 is 0 Å². The molecular weight excluding hydrogens is 348 g/mol. The molecule has 0 atom stereocenters. The summed E-state index contributed by atoms with van der Waals surface area (Å²) in [4.78, 5) is 15.2. The molecule has 0 aliphatic heterocycles. The van der Waals surface area contributed by atoms with Crippen molar-refractivity contribution in [2.45, 2.75) is 26.9 Å². The Balaban J connectivity index is 1.67. The van der Waals surface area contributed by atoms with Crippen LogP contribution in [-0.4, -0.2) is 21.9 Å². The fraction of sp³-hybridized carbons (Fsp3) is 0.208. The highest BCUT2D eigenvalue weighted by atomic mass is 16.3. The molecule has 2 aromatic carbocycles. The SMILES string of the molecule is CCN(Cc1ccccc1)C(=O)c1cc2occc2n1Cc1ccc(C)cc1. The fourth-order valence-corrected chi connectivity index (χ4v) is 3.49. The zero-order valence-electron chi connectivity index (χ0n) is 16.3. The van der Waals surface area contributed by atoms with Crippen LogP contribution in [0.2, 0.25) is 0 Å². The molecule has 2 heterocycles. The molecule has 142 valence electrons. The first-order valence-corrected chi connectivity index (χ1v) is 9.61. The van der Waals surface area contributed by atoms with Crippen molar-refractivity contribution < 1.29 is 9.21 Å². The Morgan fingerprint density at radius 3 is 2.46 bits per heavy atom. The Morgan fingerprint density at radius 1 is 1.00 bits per heavy atom. The monoisotopic (exact) mass is 372 g/mol. The van der Waals surface area contributed by atoms with E-state index in [1.54, 1.807) is 6.26 Å². The van der Waals surface area contributed by atoms with E-state index in [0.29, 0.717) is 25.3 Å². The lowest BCUT2D eigenvalue weighted by atomic mass is 10.1. The number of benzene rings is 2.